The van der Waals surface area contributed by atoms with Crippen LogP contribution in [-0.2, 0) is 19.1 Å². The maximum absolute atomic E-state index is 11.2. The quantitative estimate of drug-likeness (QED) is 0.0362. The average Bonchev–Trinajstić information content (AvgIpc) is 3.18. The second-order valence-corrected chi connectivity index (χ2v) is 16.4. The molecule has 0 aromatic rings. The van der Waals surface area contributed by atoms with E-state index in [9.17, 15) is 19.8 Å². The number of rotatable bonds is 47. The number of carboxylic acid groups (broad SMARTS) is 2. The van der Waals surface area contributed by atoms with E-state index < -0.39 is 11.9 Å². The smallest absolute Gasteiger partial charge is 0.309 e. The normalized spacial score (nSPS) is 13.0. The summed E-state index contributed by atoms with van der Waals surface area (Å²) in [6, 6.07) is 0. The standard InChI is InChI=1S/C48H92N2O6/c1-3-5-7-9-11-13-15-17-19-21-23-25-27-29-31-33-37-49(39-35-47(51)52)41-43-55-45-46-56-44-42-50(40-36-48(53)54)38-34-32-30-28-26-24-22-20-18-16-14-12-10-8-6-4-2/h17-20H,3-16,21-46H2,1-2H3,(H,51,52)(H,53,54)/p+2/b19-17-,20-18-. The van der Waals surface area contributed by atoms with Crippen molar-refractivity contribution in [1.82, 2.24) is 0 Å². The number of hydrogen-bond acceptors (Lipinski definition) is 4. The number of allylic oxidation sites excluding steroid dienone is 4. The van der Waals surface area contributed by atoms with Gasteiger partial charge in [0.2, 0.25) is 0 Å². The third kappa shape index (κ3) is 45.0. The van der Waals surface area contributed by atoms with Gasteiger partial charge in [0, 0.05) is 0 Å². The van der Waals surface area contributed by atoms with Crippen LogP contribution in [0, 0.1) is 0 Å². The van der Waals surface area contributed by atoms with Crippen LogP contribution >= 0.6 is 0 Å². The van der Waals surface area contributed by atoms with E-state index in [1.165, 1.54) is 177 Å². The first-order valence-corrected chi connectivity index (χ1v) is 24.1. The van der Waals surface area contributed by atoms with Crippen molar-refractivity contribution in [2.45, 2.75) is 206 Å². The molecule has 8 nitrogen and oxygen atoms in total. The van der Waals surface area contributed by atoms with Gasteiger partial charge in [0.25, 0.3) is 0 Å². The third-order valence-electron chi connectivity index (χ3n) is 11.0. The number of carboxylic acids is 2. The minimum Gasteiger partial charge on any atom is -0.481 e. The van der Waals surface area contributed by atoms with Crippen molar-refractivity contribution in [2.24, 2.45) is 0 Å². The highest BCUT2D eigenvalue weighted by atomic mass is 16.5. The largest absolute Gasteiger partial charge is 0.481 e. The van der Waals surface area contributed by atoms with E-state index >= 15 is 0 Å². The Hall–Kier alpha value is -1.74. The van der Waals surface area contributed by atoms with Gasteiger partial charge in [0.15, 0.2) is 0 Å². The van der Waals surface area contributed by atoms with Gasteiger partial charge >= 0.3 is 11.9 Å². The molecule has 0 aromatic carbocycles. The van der Waals surface area contributed by atoms with E-state index in [1.807, 2.05) is 0 Å². The topological polar surface area (TPSA) is 102 Å². The summed E-state index contributed by atoms with van der Waals surface area (Å²) in [6.45, 7) is 11.7. The molecule has 0 aromatic heterocycles. The average molecular weight is 795 g/mol. The summed E-state index contributed by atoms with van der Waals surface area (Å²) in [5, 5.41) is 18.4. The molecule has 0 spiro atoms. The number of carbonyl (C=O) groups is 2. The van der Waals surface area contributed by atoms with Crippen LogP contribution in [0.15, 0.2) is 24.3 Å². The van der Waals surface area contributed by atoms with Crippen LogP contribution in [0.5, 0.6) is 0 Å². The number of ether oxygens (including phenoxy) is 2. The number of unbranched alkanes of at least 4 members (excludes halogenated alkanes) is 24. The van der Waals surface area contributed by atoms with Crippen molar-refractivity contribution >= 4 is 11.9 Å². The molecule has 8 heteroatoms. The van der Waals surface area contributed by atoms with Crippen LogP contribution in [0.2, 0.25) is 0 Å². The first-order valence-electron chi connectivity index (χ1n) is 24.1. The van der Waals surface area contributed by atoms with E-state index in [4.69, 9.17) is 9.47 Å². The molecule has 0 heterocycles. The van der Waals surface area contributed by atoms with Gasteiger partial charge in [-0.2, -0.15) is 0 Å². The second kappa shape index (κ2) is 46.0. The highest BCUT2D eigenvalue weighted by Gasteiger charge is 2.12. The maximum Gasteiger partial charge on any atom is 0.309 e. The van der Waals surface area contributed by atoms with Gasteiger partial charge in [-0.1, -0.05) is 141 Å². The lowest BCUT2D eigenvalue weighted by molar-refractivity contribution is -0.900. The summed E-state index contributed by atoms with van der Waals surface area (Å²) in [6.07, 6.45) is 46.2. The number of nitrogens with one attached hydrogen (secondary N) is 2. The fourth-order valence-corrected chi connectivity index (χ4v) is 7.32. The third-order valence-corrected chi connectivity index (χ3v) is 11.0. The fourth-order valence-electron chi connectivity index (χ4n) is 7.32. The maximum atomic E-state index is 11.2. The van der Waals surface area contributed by atoms with Crippen LogP contribution in [0.1, 0.15) is 206 Å². The highest BCUT2D eigenvalue weighted by molar-refractivity contribution is 5.66. The van der Waals surface area contributed by atoms with Crippen LogP contribution in [0.25, 0.3) is 0 Å². The van der Waals surface area contributed by atoms with Crippen LogP contribution in [-0.4, -0.2) is 87.8 Å². The SMILES string of the molecule is CCCCCCCC/C=C\CCCCCCCC[NH+](CCOCCOCC[NH+](CCCCCCCC/C=C\CCCCCCCC)CCC(=O)O)CCC(=O)O. The van der Waals surface area contributed by atoms with Crippen molar-refractivity contribution in [3.05, 3.63) is 24.3 Å². The number of quaternary nitrogens is 2. The van der Waals surface area contributed by atoms with Gasteiger partial charge in [-0.25, -0.2) is 0 Å². The van der Waals surface area contributed by atoms with E-state index in [-0.39, 0.29) is 12.8 Å². The van der Waals surface area contributed by atoms with Crippen molar-refractivity contribution in [3.8, 4) is 0 Å². The Balaban J connectivity index is 3.94. The lowest BCUT2D eigenvalue weighted by atomic mass is 10.1. The molecule has 0 rings (SSSR count). The summed E-state index contributed by atoms with van der Waals surface area (Å²) >= 11 is 0. The molecule has 2 atom stereocenters. The van der Waals surface area contributed by atoms with Gasteiger partial charge in [-0.3, -0.25) is 9.59 Å². The molecule has 0 amide bonds. The zero-order valence-electron chi connectivity index (χ0n) is 37.1. The minimum absolute atomic E-state index is 0.197. The predicted octanol–water partition coefficient (Wildman–Crippen LogP) is 9.81. The Morgan fingerprint density at radius 3 is 0.964 bits per heavy atom. The van der Waals surface area contributed by atoms with E-state index in [2.05, 4.69) is 38.2 Å². The molecule has 0 bridgehead atoms. The first kappa shape index (κ1) is 54.3. The number of aliphatic carboxylic acids is 2. The summed E-state index contributed by atoms with van der Waals surface area (Å²) in [5.74, 6) is -1.46. The molecule has 330 valence electrons. The molecule has 4 N–H and O–H groups in total. The van der Waals surface area contributed by atoms with E-state index in [1.54, 1.807) is 0 Å². The molecule has 0 aliphatic heterocycles. The second-order valence-electron chi connectivity index (χ2n) is 16.4. The Morgan fingerprint density at radius 1 is 0.375 bits per heavy atom. The molecule has 0 aliphatic carbocycles. The zero-order chi connectivity index (χ0) is 40.8. The molecule has 2 unspecified atom stereocenters. The molecular formula is C48H94N2O6+2. The van der Waals surface area contributed by atoms with Gasteiger partial charge in [0.05, 0.1) is 65.4 Å². The van der Waals surface area contributed by atoms with Crippen molar-refractivity contribution in [1.29, 1.82) is 0 Å². The summed E-state index contributed by atoms with van der Waals surface area (Å²) in [5.41, 5.74) is 0. The lowest BCUT2D eigenvalue weighted by Crippen LogP contribution is -3.12. The molecule has 0 aliphatic rings. The van der Waals surface area contributed by atoms with E-state index in [0.29, 0.717) is 39.5 Å². The summed E-state index contributed by atoms with van der Waals surface area (Å²) in [7, 11) is 0. The van der Waals surface area contributed by atoms with Gasteiger partial charge < -0.3 is 29.5 Å². The molecule has 0 saturated carbocycles. The fraction of sp³-hybridized carbons (Fsp3) is 0.875. The monoisotopic (exact) mass is 795 g/mol. The van der Waals surface area contributed by atoms with Crippen molar-refractivity contribution in [2.75, 3.05) is 65.7 Å². The summed E-state index contributed by atoms with van der Waals surface area (Å²) in [4.78, 5) is 25.1. The first-order chi connectivity index (χ1) is 27.5. The van der Waals surface area contributed by atoms with Crippen molar-refractivity contribution in [3.63, 3.8) is 0 Å². The zero-order valence-corrected chi connectivity index (χ0v) is 37.1. The molecule has 0 radical (unpaired) electrons. The molecule has 0 saturated heterocycles. The Labute approximate surface area is 346 Å². The van der Waals surface area contributed by atoms with Crippen molar-refractivity contribution < 1.29 is 39.1 Å². The molecular weight excluding hydrogens is 701 g/mol. The van der Waals surface area contributed by atoms with Crippen LogP contribution in [0.3, 0.4) is 0 Å². The highest BCUT2D eigenvalue weighted by Crippen LogP contribution is 2.11. The molecule has 0 fully saturated rings. The Kier molecular flexibility index (Phi) is 44.5. The Bertz CT molecular complexity index is 812. The van der Waals surface area contributed by atoms with Gasteiger partial charge in [0.1, 0.15) is 13.1 Å². The van der Waals surface area contributed by atoms with Crippen LogP contribution < -0.4 is 9.80 Å². The lowest BCUT2D eigenvalue weighted by Gasteiger charge is -2.19. The Morgan fingerprint density at radius 2 is 0.661 bits per heavy atom. The van der Waals surface area contributed by atoms with Crippen LogP contribution in [0.4, 0.5) is 0 Å². The minimum atomic E-state index is -0.731. The van der Waals surface area contributed by atoms with Gasteiger partial charge in [-0.15, -0.1) is 0 Å². The number of hydrogen-bond donors (Lipinski definition) is 4. The van der Waals surface area contributed by atoms with E-state index in [0.717, 1.165) is 39.0 Å². The summed E-state index contributed by atoms with van der Waals surface area (Å²) < 4.78 is 11.7. The van der Waals surface area contributed by atoms with Gasteiger partial charge in [-0.05, 0) is 77.0 Å². The molecule has 56 heavy (non-hydrogen) atoms. The predicted molar refractivity (Wildman–Crippen MR) is 236 cm³/mol.